The van der Waals surface area contributed by atoms with E-state index < -0.39 is 9.84 Å². The normalized spacial score (nSPS) is 39.1. The first kappa shape index (κ1) is 14.6. The second-order valence-electron chi connectivity index (χ2n) is 5.64. The van der Waals surface area contributed by atoms with Gasteiger partial charge >= 0.3 is 0 Å². The molecule has 0 bridgehead atoms. The standard InChI is InChI=1S/C12H24N2O2S2/c1-10-8-17-7-6-14(10)12(9-13)5-3-4-11(12)18(2,15)16/h10-11H,3-9,13H2,1-2H3. The number of thioether (sulfide) groups is 1. The van der Waals surface area contributed by atoms with E-state index in [1.165, 1.54) is 6.26 Å². The van der Waals surface area contributed by atoms with Gasteiger partial charge in [0.2, 0.25) is 0 Å². The molecule has 106 valence electrons. The molecule has 1 aliphatic heterocycles. The van der Waals surface area contributed by atoms with Crippen molar-refractivity contribution in [1.82, 2.24) is 4.90 Å². The summed E-state index contributed by atoms with van der Waals surface area (Å²) >= 11 is 1.95. The monoisotopic (exact) mass is 292 g/mol. The van der Waals surface area contributed by atoms with E-state index in [1.54, 1.807) is 0 Å². The molecule has 0 aromatic carbocycles. The van der Waals surface area contributed by atoms with E-state index in [0.717, 1.165) is 37.3 Å². The Labute approximate surface area is 115 Å². The minimum atomic E-state index is -3.02. The fourth-order valence-electron chi connectivity index (χ4n) is 3.70. The maximum Gasteiger partial charge on any atom is 0.152 e. The van der Waals surface area contributed by atoms with Crippen molar-refractivity contribution in [3.05, 3.63) is 0 Å². The largest absolute Gasteiger partial charge is 0.329 e. The molecular formula is C12H24N2O2S2. The second-order valence-corrected chi connectivity index (χ2v) is 9.01. The van der Waals surface area contributed by atoms with Crippen molar-refractivity contribution >= 4 is 21.6 Å². The molecule has 2 rings (SSSR count). The Morgan fingerprint density at radius 2 is 2.22 bits per heavy atom. The minimum absolute atomic E-state index is 0.277. The molecule has 2 aliphatic rings. The smallest absolute Gasteiger partial charge is 0.152 e. The third-order valence-electron chi connectivity index (χ3n) is 4.49. The van der Waals surface area contributed by atoms with Crippen LogP contribution in [0, 0.1) is 0 Å². The van der Waals surface area contributed by atoms with Crippen LogP contribution in [0.5, 0.6) is 0 Å². The van der Waals surface area contributed by atoms with E-state index in [0.29, 0.717) is 12.6 Å². The van der Waals surface area contributed by atoms with E-state index >= 15 is 0 Å². The molecule has 1 heterocycles. The summed E-state index contributed by atoms with van der Waals surface area (Å²) in [6.07, 6.45) is 4.05. The molecule has 0 radical (unpaired) electrons. The van der Waals surface area contributed by atoms with Crippen LogP contribution in [0.3, 0.4) is 0 Å². The Hall–Kier alpha value is 0.220. The number of nitrogens with two attached hydrogens (primary N) is 1. The number of nitrogens with zero attached hydrogens (tertiary/aromatic N) is 1. The van der Waals surface area contributed by atoms with Gasteiger partial charge in [-0.1, -0.05) is 6.42 Å². The molecular weight excluding hydrogens is 268 g/mol. The molecule has 0 spiro atoms. The van der Waals surface area contributed by atoms with E-state index in [-0.39, 0.29) is 10.8 Å². The van der Waals surface area contributed by atoms with Gasteiger partial charge in [-0.05, 0) is 19.8 Å². The van der Waals surface area contributed by atoms with Gasteiger partial charge in [-0.15, -0.1) is 0 Å². The van der Waals surface area contributed by atoms with Gasteiger partial charge < -0.3 is 5.73 Å². The van der Waals surface area contributed by atoms with Gasteiger partial charge in [-0.2, -0.15) is 11.8 Å². The van der Waals surface area contributed by atoms with Gasteiger partial charge in [-0.3, -0.25) is 4.90 Å². The molecule has 0 amide bonds. The molecule has 1 saturated carbocycles. The lowest BCUT2D eigenvalue weighted by atomic mass is 9.93. The number of rotatable bonds is 3. The molecule has 0 aromatic rings. The van der Waals surface area contributed by atoms with Gasteiger partial charge in [0.05, 0.1) is 10.8 Å². The van der Waals surface area contributed by atoms with Crippen LogP contribution in [-0.2, 0) is 9.84 Å². The topological polar surface area (TPSA) is 63.4 Å². The zero-order chi connectivity index (χ0) is 13.4. The molecule has 0 aromatic heterocycles. The maximum absolute atomic E-state index is 12.1. The highest BCUT2D eigenvalue weighted by atomic mass is 32.2. The van der Waals surface area contributed by atoms with Gasteiger partial charge in [0.1, 0.15) is 0 Å². The number of sulfone groups is 1. The lowest BCUT2D eigenvalue weighted by molar-refractivity contribution is 0.0743. The van der Waals surface area contributed by atoms with Crippen molar-refractivity contribution in [3.8, 4) is 0 Å². The van der Waals surface area contributed by atoms with Crippen LogP contribution in [-0.4, -0.2) is 61.0 Å². The molecule has 18 heavy (non-hydrogen) atoms. The van der Waals surface area contributed by atoms with Crippen molar-refractivity contribution in [2.75, 3.05) is 30.9 Å². The van der Waals surface area contributed by atoms with Crippen molar-refractivity contribution in [2.45, 2.75) is 43.0 Å². The first-order valence-electron chi connectivity index (χ1n) is 6.65. The summed E-state index contributed by atoms with van der Waals surface area (Å²) in [5, 5.41) is -0.277. The number of hydrogen-bond donors (Lipinski definition) is 1. The lowest BCUT2D eigenvalue weighted by Gasteiger charge is -2.49. The first-order valence-corrected chi connectivity index (χ1v) is 9.76. The predicted molar refractivity (Wildman–Crippen MR) is 77.8 cm³/mol. The highest BCUT2D eigenvalue weighted by Gasteiger charge is 2.52. The summed E-state index contributed by atoms with van der Waals surface area (Å²) in [5.74, 6) is 2.17. The fourth-order valence-corrected chi connectivity index (χ4v) is 6.46. The average Bonchev–Trinajstić information content (AvgIpc) is 2.74. The van der Waals surface area contributed by atoms with Crippen LogP contribution < -0.4 is 5.73 Å². The van der Waals surface area contributed by atoms with Gasteiger partial charge in [0.25, 0.3) is 0 Å². The van der Waals surface area contributed by atoms with E-state index in [4.69, 9.17) is 5.73 Å². The Balaban J connectivity index is 2.34. The van der Waals surface area contributed by atoms with Crippen molar-refractivity contribution < 1.29 is 8.42 Å². The summed E-state index contributed by atoms with van der Waals surface area (Å²) in [6, 6.07) is 0.426. The van der Waals surface area contributed by atoms with Crippen LogP contribution in [0.25, 0.3) is 0 Å². The van der Waals surface area contributed by atoms with Crippen LogP contribution in [0.2, 0.25) is 0 Å². The molecule has 1 saturated heterocycles. The van der Waals surface area contributed by atoms with Crippen LogP contribution >= 0.6 is 11.8 Å². The summed E-state index contributed by atoms with van der Waals surface area (Å²) in [7, 11) is -3.02. The molecule has 1 aliphatic carbocycles. The molecule has 6 heteroatoms. The highest BCUT2D eigenvalue weighted by Crippen LogP contribution is 2.41. The first-order chi connectivity index (χ1) is 8.42. The lowest BCUT2D eigenvalue weighted by Crippen LogP contribution is -2.64. The Bertz CT molecular complexity index is 399. The van der Waals surface area contributed by atoms with Gasteiger partial charge in [0, 0.05) is 36.9 Å². The Morgan fingerprint density at radius 1 is 1.50 bits per heavy atom. The average molecular weight is 292 g/mol. The maximum atomic E-state index is 12.1. The van der Waals surface area contributed by atoms with Crippen molar-refractivity contribution in [2.24, 2.45) is 5.73 Å². The Kier molecular flexibility index (Phi) is 4.31. The molecule has 3 unspecified atom stereocenters. The summed E-state index contributed by atoms with van der Waals surface area (Å²) < 4.78 is 24.1. The minimum Gasteiger partial charge on any atom is -0.329 e. The summed E-state index contributed by atoms with van der Waals surface area (Å²) in [4.78, 5) is 2.39. The van der Waals surface area contributed by atoms with Gasteiger partial charge in [0.15, 0.2) is 9.84 Å². The number of hydrogen-bond acceptors (Lipinski definition) is 5. The fraction of sp³-hybridized carbons (Fsp3) is 1.00. The SMILES string of the molecule is CC1CSCCN1C1(CN)CCCC1S(C)(=O)=O. The van der Waals surface area contributed by atoms with Gasteiger partial charge in [-0.25, -0.2) is 8.42 Å². The van der Waals surface area contributed by atoms with Crippen molar-refractivity contribution in [1.29, 1.82) is 0 Å². The third kappa shape index (κ3) is 2.44. The summed E-state index contributed by atoms with van der Waals surface area (Å²) in [5.41, 5.74) is 5.72. The molecule has 4 nitrogen and oxygen atoms in total. The zero-order valence-corrected chi connectivity index (χ0v) is 12.9. The molecule has 3 atom stereocenters. The predicted octanol–water partition coefficient (Wildman–Crippen LogP) is 0.718. The summed E-state index contributed by atoms with van der Waals surface area (Å²) in [6.45, 7) is 3.62. The van der Waals surface area contributed by atoms with E-state index in [9.17, 15) is 8.42 Å². The van der Waals surface area contributed by atoms with E-state index in [2.05, 4.69) is 11.8 Å². The Morgan fingerprint density at radius 3 is 2.78 bits per heavy atom. The van der Waals surface area contributed by atoms with Crippen LogP contribution in [0.1, 0.15) is 26.2 Å². The molecule has 2 N–H and O–H groups in total. The third-order valence-corrected chi connectivity index (χ3v) is 7.38. The highest BCUT2D eigenvalue weighted by molar-refractivity contribution is 7.99. The quantitative estimate of drug-likeness (QED) is 0.830. The second kappa shape index (κ2) is 5.31. The van der Waals surface area contributed by atoms with Crippen LogP contribution in [0.4, 0.5) is 0 Å². The van der Waals surface area contributed by atoms with Crippen LogP contribution in [0.15, 0.2) is 0 Å². The van der Waals surface area contributed by atoms with E-state index in [1.807, 2.05) is 11.8 Å². The van der Waals surface area contributed by atoms with Crippen molar-refractivity contribution in [3.63, 3.8) is 0 Å². The zero-order valence-electron chi connectivity index (χ0n) is 11.3. The molecule has 2 fully saturated rings.